The molecule has 0 spiro atoms. The highest BCUT2D eigenvalue weighted by molar-refractivity contribution is 5.27. The van der Waals surface area contributed by atoms with Gasteiger partial charge in [0.2, 0.25) is 0 Å². The molecule has 0 aliphatic heterocycles. The third-order valence-corrected chi connectivity index (χ3v) is 3.82. The average Bonchev–Trinajstić information content (AvgIpc) is 2.66. The van der Waals surface area contributed by atoms with E-state index < -0.39 is 5.72 Å². The number of benzene rings is 2. The Morgan fingerprint density at radius 2 is 1.52 bits per heavy atom. The van der Waals surface area contributed by atoms with E-state index in [0.717, 1.165) is 23.5 Å². The van der Waals surface area contributed by atoms with Gasteiger partial charge in [0.05, 0.1) is 6.61 Å². The number of nitrogens with two attached hydrogens (primary N) is 1. The van der Waals surface area contributed by atoms with Crippen LogP contribution in [-0.4, -0.2) is 37.3 Å². The van der Waals surface area contributed by atoms with Crippen molar-refractivity contribution < 1.29 is 19.3 Å². The Morgan fingerprint density at radius 3 is 2.08 bits per heavy atom. The molecule has 0 saturated carbocycles. The molecule has 1 atom stereocenters. The van der Waals surface area contributed by atoms with Gasteiger partial charge >= 0.3 is 0 Å². The van der Waals surface area contributed by atoms with E-state index in [1.54, 1.807) is 0 Å². The van der Waals surface area contributed by atoms with Crippen LogP contribution in [0.15, 0.2) is 54.6 Å². The minimum Gasteiger partial charge on any atom is -0.490 e. The molecule has 5 heteroatoms. The van der Waals surface area contributed by atoms with Crippen molar-refractivity contribution in [2.45, 2.75) is 25.5 Å². The van der Waals surface area contributed by atoms with Gasteiger partial charge in [-0.05, 0) is 49.6 Å². The van der Waals surface area contributed by atoms with Crippen LogP contribution in [0.2, 0.25) is 0 Å². The van der Waals surface area contributed by atoms with Gasteiger partial charge in [-0.1, -0.05) is 30.3 Å². The lowest BCUT2D eigenvalue weighted by atomic mass is 10.0. The van der Waals surface area contributed by atoms with E-state index in [9.17, 15) is 5.11 Å². The van der Waals surface area contributed by atoms with E-state index in [1.807, 2.05) is 61.5 Å². The molecule has 2 aromatic carbocycles. The summed E-state index contributed by atoms with van der Waals surface area (Å²) in [6.45, 7) is 3.13. The van der Waals surface area contributed by atoms with Gasteiger partial charge in [0.15, 0.2) is 0 Å². The van der Waals surface area contributed by atoms with Gasteiger partial charge in [0, 0.05) is 6.61 Å². The van der Waals surface area contributed by atoms with Gasteiger partial charge in [-0.2, -0.15) is 0 Å². The minimum atomic E-state index is -0.974. The zero-order valence-corrected chi connectivity index (χ0v) is 14.7. The zero-order chi connectivity index (χ0) is 18.0. The van der Waals surface area contributed by atoms with E-state index >= 15 is 0 Å². The fourth-order valence-electron chi connectivity index (χ4n) is 2.43. The molecule has 0 amide bonds. The van der Waals surface area contributed by atoms with Crippen LogP contribution in [0.25, 0.3) is 0 Å². The van der Waals surface area contributed by atoms with Crippen molar-refractivity contribution in [3.8, 4) is 11.5 Å². The minimum absolute atomic E-state index is 0.191. The summed E-state index contributed by atoms with van der Waals surface area (Å²) in [6, 6.07) is 17.5. The number of hydrogen-bond donors (Lipinski definition) is 2. The fraction of sp³-hybridized carbons (Fsp3) is 0.400. The van der Waals surface area contributed by atoms with E-state index in [4.69, 9.17) is 19.9 Å². The Hall–Kier alpha value is -2.08. The molecule has 25 heavy (non-hydrogen) atoms. The Morgan fingerprint density at radius 1 is 0.920 bits per heavy atom. The third-order valence-electron chi connectivity index (χ3n) is 3.82. The predicted octanol–water partition coefficient (Wildman–Crippen LogP) is 2.76. The molecule has 5 nitrogen and oxygen atoms in total. The first-order chi connectivity index (χ1) is 12.1. The molecular formula is C20H27NO4. The van der Waals surface area contributed by atoms with Gasteiger partial charge < -0.3 is 25.1 Å². The second-order valence-corrected chi connectivity index (χ2v) is 5.81. The smallest absolute Gasteiger partial charge is 0.140 e. The number of ether oxygens (including phenoxy) is 3. The van der Waals surface area contributed by atoms with Gasteiger partial charge in [-0.3, -0.25) is 0 Å². The number of rotatable bonds is 11. The number of aryl methyl sites for hydroxylation is 1. The van der Waals surface area contributed by atoms with E-state index in [0.29, 0.717) is 26.2 Å². The molecule has 0 heterocycles. The summed E-state index contributed by atoms with van der Waals surface area (Å²) in [5.74, 6) is 1.64. The molecule has 0 bridgehead atoms. The quantitative estimate of drug-likeness (QED) is 0.484. The number of para-hydroxylation sites is 1. The molecule has 1 unspecified atom stereocenters. The van der Waals surface area contributed by atoms with Crippen LogP contribution < -0.4 is 15.2 Å². The Kier molecular flexibility index (Phi) is 7.73. The molecule has 0 aliphatic rings. The summed E-state index contributed by atoms with van der Waals surface area (Å²) in [6.07, 6.45) is 1.29. The highest BCUT2D eigenvalue weighted by Crippen LogP contribution is 2.17. The Balaban J connectivity index is 1.72. The zero-order valence-electron chi connectivity index (χ0n) is 14.7. The van der Waals surface area contributed by atoms with Crippen LogP contribution in [0, 0.1) is 0 Å². The molecule has 0 aliphatic carbocycles. The van der Waals surface area contributed by atoms with E-state index in [-0.39, 0.29) is 6.61 Å². The highest BCUT2D eigenvalue weighted by Gasteiger charge is 2.23. The van der Waals surface area contributed by atoms with Crippen molar-refractivity contribution >= 4 is 0 Å². The van der Waals surface area contributed by atoms with Gasteiger partial charge in [0.1, 0.15) is 30.4 Å². The summed E-state index contributed by atoms with van der Waals surface area (Å²) < 4.78 is 16.7. The summed E-state index contributed by atoms with van der Waals surface area (Å²) in [7, 11) is 0. The fourth-order valence-corrected chi connectivity index (χ4v) is 2.43. The summed E-state index contributed by atoms with van der Waals surface area (Å²) in [4.78, 5) is 0. The van der Waals surface area contributed by atoms with Crippen molar-refractivity contribution in [1.29, 1.82) is 0 Å². The number of hydrogen-bond acceptors (Lipinski definition) is 5. The molecule has 0 aromatic heterocycles. The standard InChI is InChI=1S/C20H27NO4/c1-2-25-20(21,16-22)13-12-17-8-10-19(11-9-17)24-15-14-23-18-6-4-3-5-7-18/h3-11,22H,2,12-16,21H2,1H3. The monoisotopic (exact) mass is 345 g/mol. The van der Waals surface area contributed by atoms with Gasteiger partial charge in [-0.25, -0.2) is 0 Å². The first-order valence-electron chi connectivity index (χ1n) is 8.58. The second kappa shape index (κ2) is 10.0. The molecular weight excluding hydrogens is 318 g/mol. The molecule has 0 fully saturated rings. The maximum absolute atomic E-state index is 9.36. The van der Waals surface area contributed by atoms with Gasteiger partial charge in [-0.15, -0.1) is 0 Å². The molecule has 0 radical (unpaired) electrons. The van der Waals surface area contributed by atoms with Crippen molar-refractivity contribution in [2.75, 3.05) is 26.4 Å². The first kappa shape index (κ1) is 19.2. The lowest BCUT2D eigenvalue weighted by Gasteiger charge is -2.27. The molecule has 2 rings (SSSR count). The molecule has 3 N–H and O–H groups in total. The van der Waals surface area contributed by atoms with E-state index in [2.05, 4.69) is 0 Å². The Labute approximate surface area is 149 Å². The van der Waals surface area contributed by atoms with Crippen LogP contribution in [0.1, 0.15) is 18.9 Å². The third kappa shape index (κ3) is 6.74. The van der Waals surface area contributed by atoms with Crippen LogP contribution >= 0.6 is 0 Å². The topological polar surface area (TPSA) is 73.9 Å². The first-order valence-corrected chi connectivity index (χ1v) is 8.58. The summed E-state index contributed by atoms with van der Waals surface area (Å²) >= 11 is 0. The van der Waals surface area contributed by atoms with Crippen molar-refractivity contribution in [3.05, 3.63) is 60.2 Å². The maximum atomic E-state index is 9.36. The largest absolute Gasteiger partial charge is 0.490 e. The lowest BCUT2D eigenvalue weighted by molar-refractivity contribution is -0.0755. The van der Waals surface area contributed by atoms with Gasteiger partial charge in [0.25, 0.3) is 0 Å². The Bertz CT molecular complexity index is 603. The summed E-state index contributed by atoms with van der Waals surface area (Å²) in [5, 5.41) is 9.36. The van der Waals surface area contributed by atoms with Crippen molar-refractivity contribution in [1.82, 2.24) is 0 Å². The maximum Gasteiger partial charge on any atom is 0.140 e. The molecule has 136 valence electrons. The van der Waals surface area contributed by atoms with Crippen LogP contribution in [0.5, 0.6) is 11.5 Å². The van der Waals surface area contributed by atoms with Crippen molar-refractivity contribution in [3.63, 3.8) is 0 Å². The van der Waals surface area contributed by atoms with Crippen LogP contribution in [-0.2, 0) is 11.2 Å². The number of aliphatic hydroxyl groups excluding tert-OH is 1. The molecule has 0 saturated heterocycles. The second-order valence-electron chi connectivity index (χ2n) is 5.81. The van der Waals surface area contributed by atoms with E-state index in [1.165, 1.54) is 0 Å². The van der Waals surface area contributed by atoms with Crippen LogP contribution in [0.4, 0.5) is 0 Å². The summed E-state index contributed by atoms with van der Waals surface area (Å²) in [5.41, 5.74) is 6.15. The lowest BCUT2D eigenvalue weighted by Crippen LogP contribution is -2.46. The molecule has 2 aromatic rings. The normalized spacial score (nSPS) is 13.2. The van der Waals surface area contributed by atoms with Crippen LogP contribution in [0.3, 0.4) is 0 Å². The number of aliphatic hydroxyl groups is 1. The average molecular weight is 345 g/mol. The predicted molar refractivity (Wildman–Crippen MR) is 97.8 cm³/mol. The highest BCUT2D eigenvalue weighted by atomic mass is 16.5. The SMILES string of the molecule is CCOC(N)(CO)CCc1ccc(OCCOc2ccccc2)cc1. The van der Waals surface area contributed by atoms with Crippen molar-refractivity contribution in [2.24, 2.45) is 5.73 Å².